The molecule has 0 spiro atoms. The lowest BCUT2D eigenvalue weighted by molar-refractivity contribution is -0.0699. The van der Waals surface area contributed by atoms with Crippen molar-refractivity contribution in [2.24, 2.45) is 0 Å². The van der Waals surface area contributed by atoms with Crippen LogP contribution in [0.5, 0.6) is 0 Å². The Bertz CT molecular complexity index is 653. The Morgan fingerprint density at radius 2 is 1.72 bits per heavy atom. The highest BCUT2D eigenvalue weighted by molar-refractivity contribution is 6.55. The van der Waals surface area contributed by atoms with Crippen molar-refractivity contribution in [3.05, 3.63) is 23.7 Å². The molecule has 2 heterocycles. The van der Waals surface area contributed by atoms with Gasteiger partial charge in [-0.3, -0.25) is 4.68 Å². The maximum Gasteiger partial charge on any atom is 0.525 e. The van der Waals surface area contributed by atoms with Crippen molar-refractivity contribution >= 4 is 12.7 Å². The number of halogens is 6. The number of hydrogen-bond acceptors (Lipinski definition) is 3. The Morgan fingerprint density at radius 1 is 1.20 bits per heavy atom. The molecular weight excluding hydrogens is 353 g/mol. The molecule has 0 N–H and O–H groups in total. The summed E-state index contributed by atoms with van der Waals surface area (Å²) in [5.74, 6) is 0. The maximum atomic E-state index is 14.6. The normalized spacial score (nSPS) is 21.0. The van der Waals surface area contributed by atoms with Crippen LogP contribution in [0.2, 0.25) is 0 Å². The third kappa shape index (κ3) is 4.03. The molecule has 0 unspecified atom stereocenters. The van der Waals surface area contributed by atoms with Crippen molar-refractivity contribution in [3.8, 4) is 0 Å². The monoisotopic (exact) mass is 370 g/mol. The number of nitrogens with zero attached hydrogens (tertiary/aromatic N) is 2. The van der Waals surface area contributed by atoms with Crippen molar-refractivity contribution in [1.29, 1.82) is 0 Å². The van der Waals surface area contributed by atoms with E-state index in [1.807, 2.05) is 0 Å². The third-order valence-electron chi connectivity index (χ3n) is 4.23. The van der Waals surface area contributed by atoms with Crippen molar-refractivity contribution < 1.29 is 35.7 Å². The van der Waals surface area contributed by atoms with Gasteiger partial charge in [0.2, 0.25) is 0 Å². The molecule has 0 saturated carbocycles. The quantitative estimate of drug-likeness (QED) is 0.594. The molecule has 0 aliphatic carbocycles. The van der Waals surface area contributed by atoms with E-state index in [2.05, 4.69) is 5.10 Å². The summed E-state index contributed by atoms with van der Waals surface area (Å²) in [6.45, 7) is 5.36. The molecule has 1 aliphatic heterocycles. The molecule has 4 nitrogen and oxygen atoms in total. The molecule has 0 atom stereocenters. The smallest absolute Gasteiger partial charge is 0.398 e. The number of rotatable bonds is 4. The molecule has 0 radical (unpaired) electrons. The van der Waals surface area contributed by atoms with Crippen LogP contribution in [0.15, 0.2) is 18.1 Å². The summed E-state index contributed by atoms with van der Waals surface area (Å²) in [7, 11) is -1.86. The molecule has 1 aromatic heterocycles. The second-order valence-corrected chi connectivity index (χ2v) is 6.65. The summed E-state index contributed by atoms with van der Waals surface area (Å²) in [5, 5.41) is 3.41. The van der Waals surface area contributed by atoms with E-state index in [9.17, 15) is 26.3 Å². The van der Waals surface area contributed by atoms with E-state index >= 15 is 0 Å². The highest BCUT2D eigenvalue weighted by atomic mass is 19.4. The molecule has 0 amide bonds. The first-order valence-electron chi connectivity index (χ1n) is 7.38. The Balaban J connectivity index is 2.44. The highest BCUT2D eigenvalue weighted by Gasteiger charge is 2.55. The number of aromatic nitrogens is 2. The van der Waals surface area contributed by atoms with Crippen LogP contribution in [0, 0.1) is 0 Å². The van der Waals surface area contributed by atoms with Crippen molar-refractivity contribution in [2.75, 3.05) is 0 Å². The minimum absolute atomic E-state index is 0.614. The second kappa shape index (κ2) is 6.35. The van der Waals surface area contributed by atoms with Gasteiger partial charge in [0, 0.05) is 11.8 Å². The van der Waals surface area contributed by atoms with Crippen molar-refractivity contribution in [3.63, 3.8) is 0 Å². The lowest BCUT2D eigenvalue weighted by Gasteiger charge is -2.32. The number of allylic oxidation sites excluding steroid dienone is 1. The largest absolute Gasteiger partial charge is 0.525 e. The van der Waals surface area contributed by atoms with Crippen LogP contribution < -0.4 is 0 Å². The SMILES string of the molecule is CC1(C)OB(C(F)=C(c2cnn(CC(F)F)c2)C(F)(F)F)OC1(C)C. The topological polar surface area (TPSA) is 36.3 Å². The molecule has 140 valence electrons. The number of hydrogen-bond donors (Lipinski definition) is 0. The summed E-state index contributed by atoms with van der Waals surface area (Å²) in [6.07, 6.45) is -6.51. The van der Waals surface area contributed by atoms with Gasteiger partial charge in [-0.05, 0) is 27.7 Å². The third-order valence-corrected chi connectivity index (χ3v) is 4.23. The van der Waals surface area contributed by atoms with Crippen molar-refractivity contribution in [2.45, 2.75) is 58.0 Å². The predicted octanol–water partition coefficient (Wildman–Crippen LogP) is 4.02. The van der Waals surface area contributed by atoms with E-state index in [1.165, 1.54) is 0 Å². The van der Waals surface area contributed by atoms with E-state index in [-0.39, 0.29) is 0 Å². The summed E-state index contributed by atoms with van der Waals surface area (Å²) in [5.41, 5.74) is -6.09. The fourth-order valence-electron chi connectivity index (χ4n) is 2.24. The average Bonchev–Trinajstić information content (AvgIpc) is 2.90. The zero-order valence-electron chi connectivity index (χ0n) is 14.0. The second-order valence-electron chi connectivity index (χ2n) is 6.65. The highest BCUT2D eigenvalue weighted by Crippen LogP contribution is 2.43. The summed E-state index contributed by atoms with van der Waals surface area (Å²) in [6, 6.07) is 0. The van der Waals surface area contributed by atoms with Crippen LogP contribution in [0.4, 0.5) is 26.3 Å². The predicted molar refractivity (Wildman–Crippen MR) is 78.4 cm³/mol. The Kier molecular flexibility index (Phi) is 5.04. The molecular formula is C14H17BF6N2O2. The Hall–Kier alpha value is -1.49. The van der Waals surface area contributed by atoms with Crippen LogP contribution in [-0.4, -0.2) is 40.7 Å². The fraction of sp³-hybridized carbons (Fsp3) is 0.643. The summed E-state index contributed by atoms with van der Waals surface area (Å²) < 4.78 is 90.6. The van der Waals surface area contributed by atoms with E-state index in [0.717, 1.165) is 0 Å². The Labute approximate surface area is 140 Å². The molecule has 2 rings (SSSR count). The van der Waals surface area contributed by atoms with Crippen LogP contribution in [0.25, 0.3) is 5.57 Å². The molecule has 0 bridgehead atoms. The molecule has 1 aromatic rings. The average molecular weight is 370 g/mol. The zero-order chi connectivity index (χ0) is 19.2. The first kappa shape index (κ1) is 19.8. The van der Waals surface area contributed by atoms with E-state index in [4.69, 9.17) is 9.31 Å². The van der Waals surface area contributed by atoms with Crippen LogP contribution in [-0.2, 0) is 15.9 Å². The minimum Gasteiger partial charge on any atom is -0.398 e. The van der Waals surface area contributed by atoms with Gasteiger partial charge in [0.15, 0.2) is 0 Å². The van der Waals surface area contributed by atoms with Gasteiger partial charge in [0.1, 0.15) is 12.3 Å². The van der Waals surface area contributed by atoms with Gasteiger partial charge in [-0.15, -0.1) is 0 Å². The Morgan fingerprint density at radius 3 is 2.16 bits per heavy atom. The molecule has 1 aliphatic rings. The van der Waals surface area contributed by atoms with Gasteiger partial charge in [-0.2, -0.15) is 18.3 Å². The lowest BCUT2D eigenvalue weighted by atomic mass is 9.83. The maximum absolute atomic E-state index is 14.6. The molecule has 1 fully saturated rings. The molecule has 1 saturated heterocycles. The molecule has 11 heteroatoms. The van der Waals surface area contributed by atoms with E-state index in [1.54, 1.807) is 27.7 Å². The first-order valence-corrected chi connectivity index (χ1v) is 7.38. The standard InChI is InChI=1S/C14H17BF6N2O2/c1-12(2)13(3,4)25-15(24-12)11(18)10(14(19,20)21)8-5-22-23(6-8)7-9(16)17/h5-6,9H,7H2,1-4H3. The van der Waals surface area contributed by atoms with Crippen molar-refractivity contribution in [1.82, 2.24) is 9.78 Å². The lowest BCUT2D eigenvalue weighted by Crippen LogP contribution is -2.41. The van der Waals surface area contributed by atoms with Gasteiger partial charge in [-0.25, -0.2) is 13.2 Å². The van der Waals surface area contributed by atoms with E-state index < -0.39 is 54.3 Å². The van der Waals surface area contributed by atoms with Gasteiger partial charge in [0.25, 0.3) is 6.43 Å². The fourth-order valence-corrected chi connectivity index (χ4v) is 2.24. The van der Waals surface area contributed by atoms with Crippen LogP contribution in [0.1, 0.15) is 33.3 Å². The minimum atomic E-state index is -5.09. The first-order chi connectivity index (χ1) is 11.2. The van der Waals surface area contributed by atoms with Gasteiger partial charge >= 0.3 is 13.3 Å². The summed E-state index contributed by atoms with van der Waals surface area (Å²) in [4.78, 5) is 0. The van der Waals surface area contributed by atoms with Crippen LogP contribution >= 0.6 is 0 Å². The van der Waals surface area contributed by atoms with Gasteiger partial charge in [0.05, 0.1) is 23.0 Å². The van der Waals surface area contributed by atoms with E-state index in [0.29, 0.717) is 17.1 Å². The van der Waals surface area contributed by atoms with Gasteiger partial charge in [-0.1, -0.05) is 0 Å². The van der Waals surface area contributed by atoms with Gasteiger partial charge < -0.3 is 9.31 Å². The molecule has 0 aromatic carbocycles. The molecule has 25 heavy (non-hydrogen) atoms. The summed E-state index contributed by atoms with van der Waals surface area (Å²) >= 11 is 0. The number of alkyl halides is 5. The zero-order valence-corrected chi connectivity index (χ0v) is 14.0. The van der Waals surface area contributed by atoms with Crippen LogP contribution in [0.3, 0.4) is 0 Å².